The van der Waals surface area contributed by atoms with E-state index in [2.05, 4.69) is 15.1 Å². The summed E-state index contributed by atoms with van der Waals surface area (Å²) in [6, 6.07) is 11.1. The Kier molecular flexibility index (Phi) is 5.01. The molecule has 1 aliphatic heterocycles. The van der Waals surface area contributed by atoms with Gasteiger partial charge in [-0.2, -0.15) is 9.37 Å². The predicted molar refractivity (Wildman–Crippen MR) is 98.2 cm³/mol. The average molecular weight is 382 g/mol. The number of nitrogens with zero attached hydrogens (tertiary/aromatic N) is 4. The van der Waals surface area contributed by atoms with Crippen molar-refractivity contribution < 1.29 is 18.4 Å². The molecule has 3 aromatic rings. The molecule has 1 amide bonds. The molecule has 0 spiro atoms. The third-order valence-electron chi connectivity index (χ3n) is 4.66. The molecule has 2 aromatic heterocycles. The standard InChI is InChI=1S/C20H19FN4O3/c1-2-15-18(21)19(23-12-22-15)27-14-8-9-25(11-14)20(26)16-10-17(28-24-16)13-6-4-3-5-7-13/h3-7,10,12,14H,2,8-9,11H2,1H3/t14-/m1/s1. The molecule has 4 rings (SSSR count). The lowest BCUT2D eigenvalue weighted by Gasteiger charge is -2.16. The molecule has 3 heterocycles. The van der Waals surface area contributed by atoms with Crippen molar-refractivity contribution in [3.05, 3.63) is 59.9 Å². The fourth-order valence-corrected chi connectivity index (χ4v) is 3.16. The fourth-order valence-electron chi connectivity index (χ4n) is 3.16. The Labute approximate surface area is 161 Å². The molecule has 0 radical (unpaired) electrons. The summed E-state index contributed by atoms with van der Waals surface area (Å²) in [6.45, 7) is 2.63. The van der Waals surface area contributed by atoms with Crippen molar-refractivity contribution in [1.82, 2.24) is 20.0 Å². The first-order valence-corrected chi connectivity index (χ1v) is 9.13. The molecular formula is C20H19FN4O3. The normalized spacial score (nSPS) is 16.4. The number of benzene rings is 1. The van der Waals surface area contributed by atoms with Crippen LogP contribution < -0.4 is 4.74 Å². The van der Waals surface area contributed by atoms with Gasteiger partial charge < -0.3 is 14.2 Å². The molecule has 1 aromatic carbocycles. The highest BCUT2D eigenvalue weighted by Crippen LogP contribution is 2.24. The van der Waals surface area contributed by atoms with Crippen LogP contribution in [0.1, 0.15) is 29.5 Å². The van der Waals surface area contributed by atoms with Crippen molar-refractivity contribution >= 4 is 5.91 Å². The number of hydrogen-bond donors (Lipinski definition) is 0. The van der Waals surface area contributed by atoms with E-state index in [1.165, 1.54) is 6.33 Å². The number of halogens is 1. The molecule has 1 saturated heterocycles. The van der Waals surface area contributed by atoms with Gasteiger partial charge in [0.1, 0.15) is 12.4 Å². The summed E-state index contributed by atoms with van der Waals surface area (Å²) >= 11 is 0. The lowest BCUT2D eigenvalue weighted by Crippen LogP contribution is -2.31. The second kappa shape index (κ2) is 7.75. The minimum atomic E-state index is -0.543. The lowest BCUT2D eigenvalue weighted by molar-refractivity contribution is 0.0759. The van der Waals surface area contributed by atoms with Crippen LogP contribution in [0, 0.1) is 5.82 Å². The topological polar surface area (TPSA) is 81.4 Å². The summed E-state index contributed by atoms with van der Waals surface area (Å²) in [7, 11) is 0. The van der Waals surface area contributed by atoms with Crippen LogP contribution >= 0.6 is 0 Å². The number of ether oxygens (including phenoxy) is 1. The number of rotatable bonds is 5. The van der Waals surface area contributed by atoms with E-state index in [-0.39, 0.29) is 23.6 Å². The second-order valence-corrected chi connectivity index (χ2v) is 6.52. The van der Waals surface area contributed by atoms with Crippen LogP contribution in [-0.4, -0.2) is 45.1 Å². The third-order valence-corrected chi connectivity index (χ3v) is 4.66. The molecule has 0 N–H and O–H groups in total. The Morgan fingerprint density at radius 2 is 2.14 bits per heavy atom. The summed E-state index contributed by atoms with van der Waals surface area (Å²) < 4.78 is 25.2. The van der Waals surface area contributed by atoms with Gasteiger partial charge in [-0.25, -0.2) is 4.98 Å². The van der Waals surface area contributed by atoms with Gasteiger partial charge in [-0.05, 0) is 6.42 Å². The average Bonchev–Trinajstić information content (AvgIpc) is 3.40. The first-order valence-electron chi connectivity index (χ1n) is 9.13. The minimum absolute atomic E-state index is 0.0704. The zero-order valence-corrected chi connectivity index (χ0v) is 15.3. The van der Waals surface area contributed by atoms with Crippen molar-refractivity contribution in [3.8, 4) is 17.2 Å². The van der Waals surface area contributed by atoms with Crippen molar-refractivity contribution in [1.29, 1.82) is 0 Å². The van der Waals surface area contributed by atoms with E-state index in [1.807, 2.05) is 37.3 Å². The molecule has 8 heteroatoms. The SMILES string of the molecule is CCc1ncnc(O[C@@H]2CCN(C(=O)c3cc(-c4ccccc4)on3)C2)c1F. The van der Waals surface area contributed by atoms with Crippen LogP contribution in [-0.2, 0) is 6.42 Å². The summed E-state index contributed by atoms with van der Waals surface area (Å²) in [4.78, 5) is 22.1. The number of aryl methyl sites for hydroxylation is 1. The fraction of sp³-hybridized carbons (Fsp3) is 0.300. The van der Waals surface area contributed by atoms with Gasteiger partial charge in [-0.15, -0.1) is 0 Å². The van der Waals surface area contributed by atoms with Crippen LogP contribution in [0.25, 0.3) is 11.3 Å². The summed E-state index contributed by atoms with van der Waals surface area (Å²) in [5, 5.41) is 3.90. The summed E-state index contributed by atoms with van der Waals surface area (Å²) in [6.07, 6.45) is 1.99. The van der Waals surface area contributed by atoms with Crippen LogP contribution in [0.15, 0.2) is 47.2 Å². The quantitative estimate of drug-likeness (QED) is 0.674. The van der Waals surface area contributed by atoms with Gasteiger partial charge in [0.15, 0.2) is 11.5 Å². The molecule has 1 atom stereocenters. The van der Waals surface area contributed by atoms with E-state index >= 15 is 0 Å². The Morgan fingerprint density at radius 3 is 2.93 bits per heavy atom. The molecule has 0 unspecified atom stereocenters. The zero-order valence-electron chi connectivity index (χ0n) is 15.3. The van der Waals surface area contributed by atoms with E-state index in [1.54, 1.807) is 11.0 Å². The first kappa shape index (κ1) is 18.1. The molecule has 0 saturated carbocycles. The van der Waals surface area contributed by atoms with Gasteiger partial charge >= 0.3 is 0 Å². The Hall–Kier alpha value is -3.29. The predicted octanol–water partition coefficient (Wildman–Crippen LogP) is 3.13. The Balaban J connectivity index is 1.42. The molecule has 28 heavy (non-hydrogen) atoms. The molecule has 144 valence electrons. The van der Waals surface area contributed by atoms with Crippen molar-refractivity contribution in [2.45, 2.75) is 25.9 Å². The summed E-state index contributed by atoms with van der Waals surface area (Å²) in [5.41, 5.74) is 1.40. The van der Waals surface area contributed by atoms with E-state index in [0.717, 1.165) is 5.56 Å². The molecule has 0 aliphatic carbocycles. The number of likely N-dealkylation sites (tertiary alicyclic amines) is 1. The number of amides is 1. The number of hydrogen-bond acceptors (Lipinski definition) is 6. The maximum absolute atomic E-state index is 14.3. The van der Waals surface area contributed by atoms with E-state index < -0.39 is 5.82 Å². The van der Waals surface area contributed by atoms with Gasteiger partial charge in [0.25, 0.3) is 11.8 Å². The van der Waals surface area contributed by atoms with Crippen LogP contribution in [0.3, 0.4) is 0 Å². The minimum Gasteiger partial charge on any atom is -0.470 e. The molecule has 7 nitrogen and oxygen atoms in total. The van der Waals surface area contributed by atoms with Gasteiger partial charge in [-0.1, -0.05) is 42.4 Å². The second-order valence-electron chi connectivity index (χ2n) is 6.52. The number of carbonyl (C=O) groups is 1. The molecule has 1 fully saturated rings. The monoisotopic (exact) mass is 382 g/mol. The highest BCUT2D eigenvalue weighted by atomic mass is 19.1. The maximum Gasteiger partial charge on any atom is 0.276 e. The van der Waals surface area contributed by atoms with Gasteiger partial charge in [-0.3, -0.25) is 4.79 Å². The van der Waals surface area contributed by atoms with Crippen LogP contribution in [0.2, 0.25) is 0 Å². The highest BCUT2D eigenvalue weighted by Gasteiger charge is 2.31. The van der Waals surface area contributed by atoms with Crippen molar-refractivity contribution in [2.24, 2.45) is 0 Å². The Morgan fingerprint density at radius 1 is 1.32 bits per heavy atom. The van der Waals surface area contributed by atoms with Crippen molar-refractivity contribution in [3.63, 3.8) is 0 Å². The molecular weight excluding hydrogens is 363 g/mol. The van der Waals surface area contributed by atoms with E-state index in [0.29, 0.717) is 37.4 Å². The smallest absolute Gasteiger partial charge is 0.276 e. The largest absolute Gasteiger partial charge is 0.470 e. The van der Waals surface area contributed by atoms with Crippen LogP contribution in [0.4, 0.5) is 4.39 Å². The van der Waals surface area contributed by atoms with Gasteiger partial charge in [0.2, 0.25) is 5.82 Å². The number of aromatic nitrogens is 3. The van der Waals surface area contributed by atoms with Crippen LogP contribution in [0.5, 0.6) is 5.88 Å². The van der Waals surface area contributed by atoms with Gasteiger partial charge in [0, 0.05) is 24.6 Å². The third kappa shape index (κ3) is 3.58. The summed E-state index contributed by atoms with van der Waals surface area (Å²) in [5.74, 6) is -0.321. The van der Waals surface area contributed by atoms with E-state index in [9.17, 15) is 9.18 Å². The van der Waals surface area contributed by atoms with Gasteiger partial charge in [0.05, 0.1) is 12.2 Å². The highest BCUT2D eigenvalue weighted by molar-refractivity contribution is 5.93. The van der Waals surface area contributed by atoms with Crippen molar-refractivity contribution in [2.75, 3.05) is 13.1 Å². The molecule has 1 aliphatic rings. The zero-order chi connectivity index (χ0) is 19.5. The Bertz CT molecular complexity index is 977. The molecule has 0 bridgehead atoms. The first-order chi connectivity index (χ1) is 13.7. The number of carbonyl (C=O) groups excluding carboxylic acids is 1. The maximum atomic E-state index is 14.3. The lowest BCUT2D eigenvalue weighted by atomic mass is 10.1. The van der Waals surface area contributed by atoms with E-state index in [4.69, 9.17) is 9.26 Å².